The summed E-state index contributed by atoms with van der Waals surface area (Å²) >= 11 is 0. The standard InChI is InChI=1S/C19H20N2O3S/c1-14-7-8-17(13-15(14)2)25(23,24)20-19(22)10-12-21-11-9-16-5-3-4-6-18(16)21/h3-9,11,13H,10,12H2,1-2H3,(H,20,22). The van der Waals surface area contributed by atoms with Crippen LogP contribution in [0.4, 0.5) is 0 Å². The average molecular weight is 356 g/mol. The van der Waals surface area contributed by atoms with Crippen LogP contribution in [0.15, 0.2) is 59.6 Å². The van der Waals surface area contributed by atoms with Gasteiger partial charge < -0.3 is 4.57 Å². The molecule has 0 aliphatic heterocycles. The zero-order valence-electron chi connectivity index (χ0n) is 14.2. The Morgan fingerprint density at radius 1 is 1.04 bits per heavy atom. The summed E-state index contributed by atoms with van der Waals surface area (Å²) in [5, 5.41) is 1.09. The number of rotatable bonds is 5. The predicted octanol–water partition coefficient (Wildman–Crippen LogP) is 3.15. The molecule has 0 radical (unpaired) electrons. The van der Waals surface area contributed by atoms with Gasteiger partial charge in [-0.2, -0.15) is 0 Å². The Labute approximate surface area is 147 Å². The normalized spacial score (nSPS) is 11.6. The van der Waals surface area contributed by atoms with Gasteiger partial charge in [0.15, 0.2) is 0 Å². The highest BCUT2D eigenvalue weighted by atomic mass is 32.2. The largest absolute Gasteiger partial charge is 0.347 e. The molecule has 0 saturated carbocycles. The lowest BCUT2D eigenvalue weighted by Gasteiger charge is -2.09. The first-order valence-electron chi connectivity index (χ1n) is 8.03. The number of aromatic nitrogens is 1. The van der Waals surface area contributed by atoms with Crippen molar-refractivity contribution in [3.05, 3.63) is 65.9 Å². The fourth-order valence-electron chi connectivity index (χ4n) is 2.70. The first-order chi connectivity index (χ1) is 11.9. The van der Waals surface area contributed by atoms with Crippen LogP contribution in [0.5, 0.6) is 0 Å². The summed E-state index contributed by atoms with van der Waals surface area (Å²) in [4.78, 5) is 12.2. The van der Waals surface area contributed by atoms with E-state index in [4.69, 9.17) is 0 Å². The maximum atomic E-state index is 12.3. The lowest BCUT2D eigenvalue weighted by atomic mass is 10.1. The molecule has 0 spiro atoms. The number of para-hydroxylation sites is 1. The molecule has 0 saturated heterocycles. The van der Waals surface area contributed by atoms with Gasteiger partial charge in [-0.15, -0.1) is 0 Å². The second kappa shape index (κ2) is 6.72. The Balaban J connectivity index is 1.68. The second-order valence-corrected chi connectivity index (χ2v) is 7.78. The van der Waals surface area contributed by atoms with E-state index in [-0.39, 0.29) is 11.3 Å². The quantitative estimate of drug-likeness (QED) is 0.763. The van der Waals surface area contributed by atoms with Crippen molar-refractivity contribution < 1.29 is 13.2 Å². The molecule has 1 aromatic heterocycles. The Morgan fingerprint density at radius 2 is 1.80 bits per heavy atom. The van der Waals surface area contributed by atoms with Gasteiger partial charge in [-0.3, -0.25) is 4.79 Å². The molecular weight excluding hydrogens is 336 g/mol. The number of amides is 1. The number of aryl methyl sites for hydroxylation is 3. The van der Waals surface area contributed by atoms with E-state index < -0.39 is 15.9 Å². The van der Waals surface area contributed by atoms with E-state index in [0.29, 0.717) is 6.54 Å². The summed E-state index contributed by atoms with van der Waals surface area (Å²) in [6.45, 7) is 4.17. The third-order valence-electron chi connectivity index (χ3n) is 4.30. The van der Waals surface area contributed by atoms with Crippen molar-refractivity contribution >= 4 is 26.8 Å². The Morgan fingerprint density at radius 3 is 2.56 bits per heavy atom. The van der Waals surface area contributed by atoms with Crippen molar-refractivity contribution in [2.45, 2.75) is 31.7 Å². The molecule has 6 heteroatoms. The number of nitrogens with one attached hydrogen (secondary N) is 1. The molecule has 3 rings (SSSR count). The zero-order chi connectivity index (χ0) is 18.0. The SMILES string of the molecule is Cc1ccc(S(=O)(=O)NC(=O)CCn2ccc3ccccc32)cc1C. The molecule has 1 heterocycles. The van der Waals surface area contributed by atoms with Crippen LogP contribution in [0.2, 0.25) is 0 Å². The summed E-state index contributed by atoms with van der Waals surface area (Å²) in [7, 11) is -3.84. The molecule has 1 N–H and O–H groups in total. The van der Waals surface area contributed by atoms with Gasteiger partial charge in [0.05, 0.1) is 4.90 Å². The molecule has 0 bridgehead atoms. The third-order valence-corrected chi connectivity index (χ3v) is 5.67. The number of fused-ring (bicyclic) bond motifs is 1. The number of sulfonamides is 1. The van der Waals surface area contributed by atoms with Gasteiger partial charge in [0.25, 0.3) is 10.0 Å². The van der Waals surface area contributed by atoms with E-state index in [9.17, 15) is 13.2 Å². The van der Waals surface area contributed by atoms with E-state index in [0.717, 1.165) is 22.0 Å². The number of nitrogens with zero attached hydrogens (tertiary/aromatic N) is 1. The maximum absolute atomic E-state index is 12.3. The van der Waals surface area contributed by atoms with Crippen molar-refractivity contribution in [3.8, 4) is 0 Å². The smallest absolute Gasteiger partial charge is 0.264 e. The first-order valence-corrected chi connectivity index (χ1v) is 9.52. The van der Waals surface area contributed by atoms with Crippen LogP contribution in [-0.2, 0) is 21.4 Å². The minimum atomic E-state index is -3.84. The van der Waals surface area contributed by atoms with Crippen molar-refractivity contribution in [1.82, 2.24) is 9.29 Å². The number of carbonyl (C=O) groups excluding carboxylic acids is 1. The van der Waals surface area contributed by atoms with Crippen LogP contribution in [0.3, 0.4) is 0 Å². The van der Waals surface area contributed by atoms with Gasteiger partial charge >= 0.3 is 0 Å². The Hall–Kier alpha value is -2.60. The zero-order valence-corrected chi connectivity index (χ0v) is 15.0. The lowest BCUT2D eigenvalue weighted by Crippen LogP contribution is -2.31. The second-order valence-electron chi connectivity index (χ2n) is 6.09. The van der Waals surface area contributed by atoms with Crippen LogP contribution >= 0.6 is 0 Å². The molecule has 2 aromatic carbocycles. The highest BCUT2D eigenvalue weighted by Gasteiger charge is 2.18. The summed E-state index contributed by atoms with van der Waals surface area (Å²) in [6.07, 6.45) is 1.98. The molecule has 0 aliphatic rings. The maximum Gasteiger partial charge on any atom is 0.264 e. The van der Waals surface area contributed by atoms with Crippen LogP contribution in [0, 0.1) is 13.8 Å². The molecule has 3 aromatic rings. The van der Waals surface area contributed by atoms with Gasteiger partial charge in [0, 0.05) is 24.7 Å². The predicted molar refractivity (Wildman–Crippen MR) is 97.8 cm³/mol. The van der Waals surface area contributed by atoms with Crippen LogP contribution in [0.1, 0.15) is 17.5 Å². The fraction of sp³-hybridized carbons (Fsp3) is 0.211. The topological polar surface area (TPSA) is 68.2 Å². The van der Waals surface area contributed by atoms with E-state index in [1.165, 1.54) is 6.07 Å². The summed E-state index contributed by atoms with van der Waals surface area (Å²) < 4.78 is 28.8. The van der Waals surface area contributed by atoms with E-state index >= 15 is 0 Å². The summed E-state index contributed by atoms with van der Waals surface area (Å²) in [6, 6.07) is 14.6. The van der Waals surface area contributed by atoms with Crippen LogP contribution in [0.25, 0.3) is 10.9 Å². The fourth-order valence-corrected chi connectivity index (χ4v) is 3.80. The Bertz CT molecular complexity index is 1040. The molecule has 0 fully saturated rings. The van der Waals surface area contributed by atoms with E-state index in [1.807, 2.05) is 54.9 Å². The van der Waals surface area contributed by atoms with Gasteiger partial charge in [-0.1, -0.05) is 24.3 Å². The molecule has 25 heavy (non-hydrogen) atoms. The Kier molecular flexibility index (Phi) is 4.63. The molecule has 0 atom stereocenters. The highest BCUT2D eigenvalue weighted by molar-refractivity contribution is 7.90. The van der Waals surface area contributed by atoms with Crippen LogP contribution < -0.4 is 4.72 Å². The number of hydrogen-bond acceptors (Lipinski definition) is 3. The van der Waals surface area contributed by atoms with Crippen molar-refractivity contribution in [1.29, 1.82) is 0 Å². The van der Waals surface area contributed by atoms with Gasteiger partial charge in [0.2, 0.25) is 5.91 Å². The number of benzene rings is 2. The van der Waals surface area contributed by atoms with Crippen molar-refractivity contribution in [2.75, 3.05) is 0 Å². The monoisotopic (exact) mass is 356 g/mol. The summed E-state index contributed by atoms with van der Waals surface area (Å²) in [5.41, 5.74) is 2.89. The molecule has 0 aliphatic carbocycles. The van der Waals surface area contributed by atoms with Crippen molar-refractivity contribution in [3.63, 3.8) is 0 Å². The average Bonchev–Trinajstić information content (AvgIpc) is 2.98. The first kappa shape index (κ1) is 17.2. The van der Waals surface area contributed by atoms with Gasteiger partial charge in [-0.25, -0.2) is 13.1 Å². The minimum Gasteiger partial charge on any atom is -0.347 e. The number of hydrogen-bond donors (Lipinski definition) is 1. The molecule has 0 unspecified atom stereocenters. The van der Waals surface area contributed by atoms with Crippen LogP contribution in [-0.4, -0.2) is 18.9 Å². The van der Waals surface area contributed by atoms with Crippen molar-refractivity contribution in [2.24, 2.45) is 0 Å². The molecule has 5 nitrogen and oxygen atoms in total. The van der Waals surface area contributed by atoms with E-state index in [1.54, 1.807) is 12.1 Å². The summed E-state index contributed by atoms with van der Waals surface area (Å²) in [5.74, 6) is -0.518. The van der Waals surface area contributed by atoms with Gasteiger partial charge in [0.1, 0.15) is 0 Å². The van der Waals surface area contributed by atoms with Gasteiger partial charge in [-0.05, 0) is 54.6 Å². The highest BCUT2D eigenvalue weighted by Crippen LogP contribution is 2.16. The minimum absolute atomic E-state index is 0.0861. The molecule has 1 amide bonds. The molecule has 130 valence electrons. The lowest BCUT2D eigenvalue weighted by molar-refractivity contribution is -0.119. The molecular formula is C19H20N2O3S. The van der Waals surface area contributed by atoms with E-state index in [2.05, 4.69) is 4.72 Å². The number of carbonyl (C=O) groups is 1. The third kappa shape index (κ3) is 3.74.